The Morgan fingerprint density at radius 3 is 0.917 bits per heavy atom. The summed E-state index contributed by atoms with van der Waals surface area (Å²) in [6.07, 6.45) is 14.8. The Hall–Kier alpha value is -11.0. The minimum atomic E-state index is -3.67. The second-order valence-corrected chi connectivity index (χ2v) is 31.9. The quantitative estimate of drug-likeness (QED) is 0.0256. The third-order valence-electron chi connectivity index (χ3n) is 16.9. The van der Waals surface area contributed by atoms with Crippen LogP contribution in [0.15, 0.2) is 110 Å². The van der Waals surface area contributed by atoms with E-state index in [1.165, 1.54) is 37.2 Å². The molecule has 3 aliphatic rings. The maximum atomic E-state index is 11.5. The van der Waals surface area contributed by atoms with E-state index < -0.39 is 38.0 Å². The molecule has 120 heavy (non-hydrogen) atoms. The first-order valence-electron chi connectivity index (χ1n) is 35.1. The van der Waals surface area contributed by atoms with E-state index in [4.69, 9.17) is 83.6 Å². The number of hydrogen-bond donors (Lipinski definition) is 6. The SMILES string of the molecule is C.COc1ccc(-c2nc(N3CCOCC3)c3sc(CN(C)c4ncc(C(=O)NO)cn4)cc3n2)cn1.COc1ccc(-c2nc(N3CCOCC3)c3sc(CN(C)c4ncc(C(=O)NO)cn4)cc3n2)cn1.COc1ccc(-c2nc(N3CCOCC3)c3sc(CN(C)c4ncc(C([NH-])=O)cn4)cc3n2)cn1.CS(=O)(=O)O.CS(=O)(=O)O.[Na+].[OH-]. The predicted octanol–water partition coefficient (Wildman–Crippen LogP) is 3.98. The summed E-state index contributed by atoms with van der Waals surface area (Å²) in [6, 6.07) is 17.2. The monoisotopic (exact) mass is 1760 g/mol. The second kappa shape index (κ2) is 43.8. The van der Waals surface area contributed by atoms with Gasteiger partial charge in [0.2, 0.25) is 35.5 Å². The van der Waals surface area contributed by atoms with Crippen LogP contribution in [0.2, 0.25) is 0 Å². The molecule has 0 saturated carbocycles. The van der Waals surface area contributed by atoms with Crippen LogP contribution in [0, 0.1) is 0 Å². The number of pyridine rings is 3. The minimum absolute atomic E-state index is 0. The van der Waals surface area contributed by atoms with E-state index in [1.807, 2.05) is 54.0 Å². The molecule has 3 fully saturated rings. The summed E-state index contributed by atoms with van der Waals surface area (Å²) in [7, 11) is 3.03. The van der Waals surface area contributed by atoms with Gasteiger partial charge in [-0.25, -0.2) is 85.7 Å². The average molecular weight is 1760 g/mol. The number of nitrogens with zero attached hydrogens (tertiary/aromatic N) is 21. The van der Waals surface area contributed by atoms with E-state index in [9.17, 15) is 31.2 Å². The van der Waals surface area contributed by atoms with Gasteiger partial charge in [0.15, 0.2) is 34.9 Å². The number of carbonyl (C=O) groups is 3. The van der Waals surface area contributed by atoms with Crippen molar-refractivity contribution in [2.75, 3.05) is 163 Å². The Balaban J connectivity index is 0.000000209. The summed E-state index contributed by atoms with van der Waals surface area (Å²) in [4.78, 5) is 117. The van der Waals surface area contributed by atoms with Crippen molar-refractivity contribution >= 4 is 138 Å². The van der Waals surface area contributed by atoms with Crippen LogP contribution < -0.4 is 84.1 Å². The molecule has 0 spiro atoms. The molecule has 3 aliphatic heterocycles. The number of hydroxylamine groups is 2. The number of thiophene rings is 3. The molecule has 0 aliphatic carbocycles. The molecule has 0 atom stereocenters. The van der Waals surface area contributed by atoms with Crippen LogP contribution in [0.3, 0.4) is 0 Å². The predicted molar refractivity (Wildman–Crippen MR) is 444 cm³/mol. The standard InChI is InChI=1S/2C23H24N8O4S.C23H24N8O3S.2CH4O3S.CH4.Na.H2O/c2*1-30(23-25-11-15(12-26-23)22(32)29-33)13-16-9-17-19(36-16)21(31-5-7-35-8-6-31)28-20(27-17)14-3-4-18(34-2)24-10-14;1-30(23-26-11-15(12-27-23)20(24)32)13-16-9-17-19(35-16)22(31-5-7-34-8-6-31)29-21(28-17)14-3-4-18(33-2)25-10-14;2*1-5(2,3)4;;;/h2*3-4,9-12,33H,5-8,13H2,1-2H3,(H,29,32);3-4,9-12H,5-8,13H2,1-2H3,(H2,24,32);2*1H3,(H,2,3,4);1H4;;1H2/q;;;;;;+1;/p-2. The number of methoxy groups -OCH3 is 3. The van der Waals surface area contributed by atoms with E-state index >= 15 is 0 Å². The molecule has 12 aromatic rings. The molecule has 0 unspecified atom stereocenters. The Morgan fingerprint density at radius 1 is 0.450 bits per heavy atom. The zero-order chi connectivity index (χ0) is 83.5. The third kappa shape index (κ3) is 26.0. The van der Waals surface area contributed by atoms with Crippen LogP contribution >= 0.6 is 34.0 Å². The van der Waals surface area contributed by atoms with Gasteiger partial charge in [-0.1, -0.05) is 7.43 Å². The van der Waals surface area contributed by atoms with Gasteiger partial charge >= 0.3 is 29.6 Å². The topological polar surface area (TPSA) is 546 Å². The Bertz CT molecular complexity index is 5370. The van der Waals surface area contributed by atoms with Gasteiger partial charge in [-0.2, -0.15) is 16.8 Å². The number of hydrogen-bond acceptors (Lipinski definition) is 40. The smallest absolute Gasteiger partial charge is 0.870 e. The molecule has 632 valence electrons. The number of ether oxygens (including phenoxy) is 6. The van der Waals surface area contributed by atoms with Crippen molar-refractivity contribution in [2.24, 2.45) is 0 Å². The molecule has 15 rings (SSSR count). The third-order valence-corrected chi connectivity index (χ3v) is 20.2. The molecule has 3 amide bonds. The molecule has 42 nitrogen and oxygen atoms in total. The second-order valence-electron chi connectivity index (χ2n) is 25.5. The summed E-state index contributed by atoms with van der Waals surface area (Å²) in [6.45, 7) is 10.0. The van der Waals surface area contributed by atoms with Crippen molar-refractivity contribution < 1.29 is 114 Å². The first-order valence-corrected chi connectivity index (χ1v) is 41.3. The van der Waals surface area contributed by atoms with Crippen molar-refractivity contribution in [3.63, 3.8) is 0 Å². The van der Waals surface area contributed by atoms with Gasteiger partial charge in [-0.15, -0.1) is 34.0 Å². The van der Waals surface area contributed by atoms with Crippen LogP contribution in [0.1, 0.15) is 53.1 Å². The van der Waals surface area contributed by atoms with Crippen LogP contribution in [-0.2, 0) is 54.1 Å². The van der Waals surface area contributed by atoms with Crippen molar-refractivity contribution in [1.29, 1.82) is 0 Å². The molecular formula is C72H84N24NaO18S5-. The normalized spacial score (nSPS) is 13.1. The molecule has 12 aromatic heterocycles. The van der Waals surface area contributed by atoms with E-state index in [0.717, 1.165) is 119 Å². The number of nitrogens with one attached hydrogen (secondary N) is 3. The summed E-state index contributed by atoms with van der Waals surface area (Å²) in [5.41, 5.74) is 15.8. The maximum absolute atomic E-state index is 11.5. The molecule has 8 N–H and O–H groups in total. The molecule has 0 aromatic carbocycles. The van der Waals surface area contributed by atoms with Gasteiger partial charge in [0.1, 0.15) is 0 Å². The van der Waals surface area contributed by atoms with Crippen molar-refractivity contribution in [3.05, 3.63) is 147 Å². The van der Waals surface area contributed by atoms with Gasteiger partial charge in [0.25, 0.3) is 32.1 Å². The Kier molecular flexibility index (Phi) is 34.5. The van der Waals surface area contributed by atoms with Gasteiger partial charge in [-0.05, 0) is 36.4 Å². The Morgan fingerprint density at radius 2 is 0.700 bits per heavy atom. The zero-order valence-electron chi connectivity index (χ0n) is 65.5. The summed E-state index contributed by atoms with van der Waals surface area (Å²) < 4.78 is 86.9. The van der Waals surface area contributed by atoms with Crippen LogP contribution in [0.5, 0.6) is 17.6 Å². The average Bonchev–Trinajstić information content (AvgIpc) is 1.61. The van der Waals surface area contributed by atoms with Crippen molar-refractivity contribution in [3.8, 4) is 51.8 Å². The van der Waals surface area contributed by atoms with Crippen LogP contribution in [-0.4, -0.2) is 268 Å². The number of rotatable bonds is 21. The first kappa shape index (κ1) is 94.5. The fraction of sp³-hybridized carbons (Fsp3) is 0.333. The van der Waals surface area contributed by atoms with Gasteiger partial charge < -0.3 is 73.8 Å². The van der Waals surface area contributed by atoms with E-state index in [-0.39, 0.29) is 59.2 Å². The van der Waals surface area contributed by atoms with E-state index in [2.05, 4.69) is 77.8 Å². The van der Waals surface area contributed by atoms with Crippen LogP contribution in [0.25, 0.3) is 70.5 Å². The number of morpholine rings is 3. The summed E-state index contributed by atoms with van der Waals surface area (Å²) in [5.74, 6) is 5.27. The van der Waals surface area contributed by atoms with E-state index in [0.29, 0.717) is 125 Å². The number of anilines is 6. The van der Waals surface area contributed by atoms with Gasteiger partial charge in [-0.3, -0.25) is 29.1 Å². The zero-order valence-corrected chi connectivity index (χ0v) is 71.6. The Labute approximate surface area is 722 Å². The molecule has 0 bridgehead atoms. The first-order chi connectivity index (χ1) is 56.1. The number of aromatic nitrogens is 15. The molecule has 15 heterocycles. The number of carbonyl (C=O) groups excluding carboxylic acids is 3. The van der Waals surface area contributed by atoms with Gasteiger partial charge in [0, 0.05) is 171 Å². The number of amides is 3. The maximum Gasteiger partial charge on any atom is 1.00 e. The number of fused-ring (bicyclic) bond motifs is 3. The van der Waals surface area contributed by atoms with E-state index in [1.54, 1.807) is 103 Å². The fourth-order valence-corrected chi connectivity index (χ4v) is 14.8. The molecular weight excluding hydrogens is 1670 g/mol. The van der Waals surface area contributed by atoms with Crippen molar-refractivity contribution in [2.45, 2.75) is 27.1 Å². The summed E-state index contributed by atoms with van der Waals surface area (Å²) >= 11 is 4.88. The summed E-state index contributed by atoms with van der Waals surface area (Å²) in [5, 5.41) is 17.5. The van der Waals surface area contributed by atoms with Gasteiger partial charge in [0.05, 0.1) is 141 Å². The minimum Gasteiger partial charge on any atom is -0.870 e. The fourth-order valence-electron chi connectivity index (χ4n) is 11.3. The molecule has 0 radical (unpaired) electrons. The largest absolute Gasteiger partial charge is 1.00 e. The van der Waals surface area contributed by atoms with Crippen molar-refractivity contribution in [1.82, 2.24) is 85.7 Å². The molecule has 48 heteroatoms. The molecule has 3 saturated heterocycles. The van der Waals surface area contributed by atoms with Crippen LogP contribution in [0.4, 0.5) is 35.3 Å².